The summed E-state index contributed by atoms with van der Waals surface area (Å²) >= 11 is 1.35. The average Bonchev–Trinajstić information content (AvgIpc) is 3.63. The molecular formula is C26H20F6N4O3S. The first-order valence-corrected chi connectivity index (χ1v) is 12.8. The van der Waals surface area contributed by atoms with Crippen LogP contribution in [0.25, 0.3) is 22.6 Å². The molecule has 0 aliphatic carbocycles. The van der Waals surface area contributed by atoms with Gasteiger partial charge in [0.25, 0.3) is 5.91 Å². The molecule has 1 amide bonds. The van der Waals surface area contributed by atoms with E-state index in [2.05, 4.69) is 20.0 Å². The van der Waals surface area contributed by atoms with Gasteiger partial charge < -0.3 is 14.6 Å². The first-order valence-electron chi connectivity index (χ1n) is 12.0. The minimum absolute atomic E-state index is 0.175. The van der Waals surface area contributed by atoms with Gasteiger partial charge in [0.2, 0.25) is 5.82 Å². The van der Waals surface area contributed by atoms with Crippen LogP contribution in [0.2, 0.25) is 0 Å². The second kappa shape index (κ2) is 10.7. The summed E-state index contributed by atoms with van der Waals surface area (Å²) in [4.78, 5) is 21.1. The van der Waals surface area contributed by atoms with Crippen molar-refractivity contribution in [2.75, 3.05) is 19.8 Å². The maximum atomic E-state index is 13.1. The monoisotopic (exact) mass is 582 g/mol. The van der Waals surface area contributed by atoms with Crippen molar-refractivity contribution < 1.29 is 40.4 Å². The molecule has 7 nitrogen and oxygen atoms in total. The van der Waals surface area contributed by atoms with Crippen molar-refractivity contribution in [2.24, 2.45) is 0 Å². The highest BCUT2D eigenvalue weighted by atomic mass is 32.1. The van der Waals surface area contributed by atoms with Crippen LogP contribution >= 0.6 is 11.3 Å². The third-order valence-electron chi connectivity index (χ3n) is 6.55. The number of carbonyl (C=O) groups excluding carboxylic acids is 1. The summed E-state index contributed by atoms with van der Waals surface area (Å²) < 4.78 is 87.1. The van der Waals surface area contributed by atoms with Crippen LogP contribution in [0.15, 0.2) is 58.4 Å². The number of benzene rings is 2. The first-order chi connectivity index (χ1) is 18.9. The Bertz CT molecular complexity index is 1490. The van der Waals surface area contributed by atoms with E-state index in [4.69, 9.17) is 9.72 Å². The maximum absolute atomic E-state index is 13.1. The lowest BCUT2D eigenvalue weighted by molar-refractivity contribution is -0.159. The van der Waals surface area contributed by atoms with Crippen LogP contribution in [-0.2, 0) is 22.5 Å². The van der Waals surface area contributed by atoms with E-state index in [9.17, 15) is 31.1 Å². The maximum Gasteiger partial charge on any atom is 0.471 e. The molecule has 1 fully saturated rings. The van der Waals surface area contributed by atoms with Crippen molar-refractivity contribution in [3.63, 3.8) is 0 Å². The van der Waals surface area contributed by atoms with Crippen LogP contribution in [0, 0.1) is 0 Å². The summed E-state index contributed by atoms with van der Waals surface area (Å²) in [5, 5.41) is 8.72. The van der Waals surface area contributed by atoms with Gasteiger partial charge in [0, 0.05) is 47.2 Å². The molecule has 3 heterocycles. The molecule has 0 atom stereocenters. The lowest BCUT2D eigenvalue weighted by Gasteiger charge is -2.35. The number of rotatable bonds is 6. The number of aromatic nitrogens is 3. The van der Waals surface area contributed by atoms with Gasteiger partial charge >= 0.3 is 18.2 Å². The van der Waals surface area contributed by atoms with Crippen molar-refractivity contribution in [1.82, 2.24) is 20.4 Å². The van der Waals surface area contributed by atoms with Gasteiger partial charge in [0.15, 0.2) is 0 Å². The van der Waals surface area contributed by atoms with Crippen LogP contribution < -0.4 is 5.32 Å². The minimum Gasteiger partial charge on any atom is -0.381 e. The average molecular weight is 583 g/mol. The van der Waals surface area contributed by atoms with Gasteiger partial charge in [-0.2, -0.15) is 31.3 Å². The number of halogens is 6. The Kier molecular flexibility index (Phi) is 7.40. The number of hydrogen-bond acceptors (Lipinski definition) is 7. The number of hydrogen-bond donors (Lipinski definition) is 1. The van der Waals surface area contributed by atoms with Gasteiger partial charge in [-0.05, 0) is 37.1 Å². The molecule has 1 aliphatic heterocycles. The molecule has 2 aromatic carbocycles. The van der Waals surface area contributed by atoms with E-state index in [-0.39, 0.29) is 23.5 Å². The minimum atomic E-state index is -4.79. The van der Waals surface area contributed by atoms with E-state index in [0.29, 0.717) is 42.3 Å². The summed E-state index contributed by atoms with van der Waals surface area (Å²) in [7, 11) is 0. The highest BCUT2D eigenvalue weighted by Gasteiger charge is 2.39. The highest BCUT2D eigenvalue weighted by Crippen LogP contribution is 2.39. The zero-order valence-corrected chi connectivity index (χ0v) is 21.3. The number of amides is 1. The van der Waals surface area contributed by atoms with Gasteiger partial charge in [-0.25, -0.2) is 4.98 Å². The number of nitrogens with one attached hydrogen (secondary N) is 1. The molecule has 0 unspecified atom stereocenters. The second-order valence-corrected chi connectivity index (χ2v) is 10.0. The second-order valence-electron chi connectivity index (χ2n) is 9.19. The molecule has 1 saturated heterocycles. The van der Waals surface area contributed by atoms with E-state index in [1.54, 1.807) is 5.38 Å². The molecule has 0 spiro atoms. The SMILES string of the molecule is O=C(NCC1(c2nc(-c3ccc(C(F)(F)F)cc3)cs2)CCOCC1)c1cccc(-c2noc(C(F)(F)F)n2)c1. The Morgan fingerprint density at radius 2 is 1.68 bits per heavy atom. The van der Waals surface area contributed by atoms with Crippen molar-refractivity contribution >= 4 is 17.2 Å². The van der Waals surface area contributed by atoms with Gasteiger partial charge in [0.05, 0.1) is 11.3 Å². The summed E-state index contributed by atoms with van der Waals surface area (Å²) in [5.41, 5.74) is 0.0944. The Morgan fingerprint density at radius 1 is 0.950 bits per heavy atom. The first kappa shape index (κ1) is 27.8. The smallest absolute Gasteiger partial charge is 0.381 e. The molecule has 5 rings (SSSR count). The zero-order chi connectivity index (χ0) is 28.5. The lowest BCUT2D eigenvalue weighted by atomic mass is 9.80. The van der Waals surface area contributed by atoms with E-state index in [1.165, 1.54) is 47.7 Å². The molecule has 0 saturated carbocycles. The fourth-order valence-corrected chi connectivity index (χ4v) is 5.40. The van der Waals surface area contributed by atoms with E-state index < -0.39 is 35.1 Å². The largest absolute Gasteiger partial charge is 0.471 e. The number of thiazole rings is 1. The number of ether oxygens (including phenoxy) is 1. The number of alkyl halides is 6. The number of carbonyl (C=O) groups is 1. The van der Waals surface area contributed by atoms with Gasteiger partial charge in [-0.1, -0.05) is 29.4 Å². The molecule has 0 radical (unpaired) electrons. The fourth-order valence-electron chi connectivity index (χ4n) is 4.32. The van der Waals surface area contributed by atoms with Crippen molar-refractivity contribution in [3.8, 4) is 22.6 Å². The predicted octanol–water partition coefficient (Wildman–Crippen LogP) is 6.38. The third kappa shape index (κ3) is 5.87. The van der Waals surface area contributed by atoms with Crippen LogP contribution in [0.5, 0.6) is 0 Å². The molecule has 210 valence electrons. The Labute approximate surface area is 227 Å². The molecule has 1 aliphatic rings. The van der Waals surface area contributed by atoms with E-state index in [0.717, 1.165) is 12.1 Å². The quantitative estimate of drug-likeness (QED) is 0.266. The van der Waals surface area contributed by atoms with Crippen LogP contribution in [0.4, 0.5) is 26.3 Å². The normalized spacial score (nSPS) is 15.7. The Balaban J connectivity index is 1.33. The van der Waals surface area contributed by atoms with Gasteiger partial charge in [-0.3, -0.25) is 4.79 Å². The number of nitrogens with zero attached hydrogens (tertiary/aromatic N) is 3. The van der Waals surface area contributed by atoms with Gasteiger partial charge in [0.1, 0.15) is 5.01 Å². The molecule has 2 aromatic heterocycles. The zero-order valence-electron chi connectivity index (χ0n) is 20.5. The summed E-state index contributed by atoms with van der Waals surface area (Å²) in [6.45, 7) is 1.06. The highest BCUT2D eigenvalue weighted by molar-refractivity contribution is 7.10. The van der Waals surface area contributed by atoms with Crippen molar-refractivity contribution in [1.29, 1.82) is 0 Å². The predicted molar refractivity (Wildman–Crippen MR) is 131 cm³/mol. The standard InChI is InChI=1S/C26H20F6N4O3S/c27-25(28,29)18-6-4-15(5-7-18)19-13-40-23(34-19)24(8-10-38-11-9-24)14-33-21(37)17-3-1-2-16(12-17)20-35-22(39-36-20)26(30,31)32/h1-7,12-13H,8-11,14H2,(H,33,37). The summed E-state index contributed by atoms with van der Waals surface area (Å²) in [5.74, 6) is -2.26. The van der Waals surface area contributed by atoms with Crippen LogP contribution in [-0.4, -0.2) is 40.8 Å². The van der Waals surface area contributed by atoms with Crippen LogP contribution in [0.1, 0.15) is 39.7 Å². The Morgan fingerprint density at radius 3 is 2.33 bits per heavy atom. The molecule has 0 bridgehead atoms. The summed E-state index contributed by atoms with van der Waals surface area (Å²) in [6, 6.07) is 10.6. The molecule has 14 heteroatoms. The molecular weight excluding hydrogens is 562 g/mol. The molecule has 4 aromatic rings. The summed E-state index contributed by atoms with van der Waals surface area (Å²) in [6.07, 6.45) is -8.12. The van der Waals surface area contributed by atoms with Crippen LogP contribution in [0.3, 0.4) is 0 Å². The van der Waals surface area contributed by atoms with Crippen molar-refractivity contribution in [3.05, 3.63) is 75.9 Å². The topological polar surface area (TPSA) is 90.1 Å². The molecule has 40 heavy (non-hydrogen) atoms. The van der Waals surface area contributed by atoms with Gasteiger partial charge in [-0.15, -0.1) is 11.3 Å². The lowest BCUT2D eigenvalue weighted by Crippen LogP contribution is -2.44. The third-order valence-corrected chi connectivity index (χ3v) is 7.64. The van der Waals surface area contributed by atoms with Crippen molar-refractivity contribution in [2.45, 2.75) is 30.6 Å². The fraction of sp³-hybridized carbons (Fsp3) is 0.308. The molecule has 1 N–H and O–H groups in total. The van der Waals surface area contributed by atoms with E-state index >= 15 is 0 Å². The van der Waals surface area contributed by atoms with E-state index in [1.807, 2.05) is 0 Å². The Hall–Kier alpha value is -3.78.